The summed E-state index contributed by atoms with van der Waals surface area (Å²) < 4.78 is 5.26. The van der Waals surface area contributed by atoms with E-state index in [1.807, 2.05) is 6.07 Å². The molecule has 0 amide bonds. The first kappa shape index (κ1) is 14.8. The van der Waals surface area contributed by atoms with Crippen molar-refractivity contribution in [3.05, 3.63) is 64.2 Å². The maximum Gasteiger partial charge on any atom is 0.226 e. The van der Waals surface area contributed by atoms with Crippen molar-refractivity contribution >= 4 is 0 Å². The van der Waals surface area contributed by atoms with E-state index in [0.29, 0.717) is 12.3 Å². The molecule has 0 aliphatic carbocycles. The molecule has 3 rings (SSSR count). The van der Waals surface area contributed by atoms with Gasteiger partial charge in [0, 0.05) is 38.8 Å². The molecule has 0 radical (unpaired) electrons. The standard InChI is InChI=1S/C17H20N2O3/c20-16-10-15(22-13-17(16)21)12-19-8-6-18(7-9-19)11-14-4-2-1-3-5-14/h1-5,10,13,21H,6-9,11-12H2. The minimum atomic E-state index is -0.385. The van der Waals surface area contributed by atoms with Crippen molar-refractivity contribution < 1.29 is 9.52 Å². The lowest BCUT2D eigenvalue weighted by atomic mass is 10.2. The molecule has 1 aromatic heterocycles. The maximum atomic E-state index is 11.4. The Kier molecular flexibility index (Phi) is 4.56. The number of piperazine rings is 1. The molecule has 2 aromatic rings. The quantitative estimate of drug-likeness (QED) is 0.930. The normalized spacial score (nSPS) is 16.7. The van der Waals surface area contributed by atoms with Crippen LogP contribution in [0.4, 0.5) is 0 Å². The lowest BCUT2D eigenvalue weighted by Crippen LogP contribution is -2.45. The number of hydrogen-bond acceptors (Lipinski definition) is 5. The zero-order chi connectivity index (χ0) is 15.4. The summed E-state index contributed by atoms with van der Waals surface area (Å²) >= 11 is 0. The summed E-state index contributed by atoms with van der Waals surface area (Å²) in [5.41, 5.74) is 0.949. The van der Waals surface area contributed by atoms with Gasteiger partial charge in [-0.3, -0.25) is 14.6 Å². The summed E-state index contributed by atoms with van der Waals surface area (Å²) in [4.78, 5) is 16.1. The second-order valence-electron chi connectivity index (χ2n) is 5.63. The molecule has 22 heavy (non-hydrogen) atoms. The van der Waals surface area contributed by atoms with Gasteiger partial charge in [-0.15, -0.1) is 0 Å². The van der Waals surface area contributed by atoms with Crippen LogP contribution in [0.2, 0.25) is 0 Å². The SMILES string of the molecule is O=c1cc(CN2CCN(Cc3ccccc3)CC2)occ1O. The van der Waals surface area contributed by atoms with E-state index < -0.39 is 0 Å². The van der Waals surface area contributed by atoms with Gasteiger partial charge in [-0.25, -0.2) is 0 Å². The fourth-order valence-electron chi connectivity index (χ4n) is 2.69. The van der Waals surface area contributed by atoms with Crippen LogP contribution in [-0.4, -0.2) is 41.1 Å². The number of aromatic hydroxyl groups is 1. The third-order valence-corrected chi connectivity index (χ3v) is 3.96. The molecule has 116 valence electrons. The van der Waals surface area contributed by atoms with E-state index in [9.17, 15) is 9.90 Å². The van der Waals surface area contributed by atoms with Crippen molar-refractivity contribution in [3.63, 3.8) is 0 Å². The highest BCUT2D eigenvalue weighted by Gasteiger charge is 2.18. The summed E-state index contributed by atoms with van der Waals surface area (Å²) in [6.45, 7) is 5.46. The largest absolute Gasteiger partial charge is 0.502 e. The Morgan fingerprint density at radius 2 is 1.64 bits per heavy atom. The van der Waals surface area contributed by atoms with E-state index in [2.05, 4.69) is 34.1 Å². The summed E-state index contributed by atoms with van der Waals surface area (Å²) in [5.74, 6) is 0.260. The van der Waals surface area contributed by atoms with Crippen LogP contribution < -0.4 is 5.43 Å². The smallest absolute Gasteiger partial charge is 0.226 e. The predicted octanol–water partition coefficient (Wildman–Crippen LogP) is 1.66. The molecule has 1 aliphatic rings. The van der Waals surface area contributed by atoms with Crippen molar-refractivity contribution in [3.8, 4) is 5.75 Å². The monoisotopic (exact) mass is 300 g/mol. The van der Waals surface area contributed by atoms with E-state index in [0.717, 1.165) is 39.0 Å². The Hall–Kier alpha value is -2.11. The third-order valence-electron chi connectivity index (χ3n) is 3.96. The van der Waals surface area contributed by atoms with Gasteiger partial charge in [0.25, 0.3) is 0 Å². The van der Waals surface area contributed by atoms with Crippen molar-refractivity contribution in [1.82, 2.24) is 9.80 Å². The number of benzene rings is 1. The molecule has 0 bridgehead atoms. The van der Waals surface area contributed by atoms with Gasteiger partial charge in [0.15, 0.2) is 5.75 Å². The molecule has 0 unspecified atom stereocenters. The first-order valence-electron chi connectivity index (χ1n) is 7.50. The molecule has 0 atom stereocenters. The second-order valence-corrected chi connectivity index (χ2v) is 5.63. The molecule has 5 heteroatoms. The maximum absolute atomic E-state index is 11.4. The zero-order valence-electron chi connectivity index (χ0n) is 12.4. The van der Waals surface area contributed by atoms with Crippen LogP contribution in [0, 0.1) is 0 Å². The highest BCUT2D eigenvalue weighted by atomic mass is 16.4. The fraction of sp³-hybridized carbons (Fsp3) is 0.353. The van der Waals surface area contributed by atoms with E-state index >= 15 is 0 Å². The van der Waals surface area contributed by atoms with Crippen LogP contribution in [-0.2, 0) is 13.1 Å². The van der Waals surface area contributed by atoms with E-state index in [4.69, 9.17) is 4.42 Å². The molecule has 0 spiro atoms. The van der Waals surface area contributed by atoms with E-state index in [1.165, 1.54) is 11.6 Å². The molecular formula is C17H20N2O3. The number of hydrogen-bond donors (Lipinski definition) is 1. The van der Waals surface area contributed by atoms with Crippen LogP contribution in [0.1, 0.15) is 11.3 Å². The van der Waals surface area contributed by atoms with Crippen molar-refractivity contribution in [2.75, 3.05) is 26.2 Å². The Bertz CT molecular complexity index is 661. The van der Waals surface area contributed by atoms with Gasteiger partial charge in [0.1, 0.15) is 12.0 Å². The van der Waals surface area contributed by atoms with Crippen LogP contribution in [0.3, 0.4) is 0 Å². The average Bonchev–Trinajstić information content (AvgIpc) is 2.54. The summed E-state index contributed by atoms with van der Waals surface area (Å²) in [6.07, 6.45) is 1.11. The minimum absolute atomic E-state index is 0.337. The van der Waals surface area contributed by atoms with Gasteiger partial charge in [0.05, 0.1) is 6.54 Å². The number of nitrogens with zero attached hydrogens (tertiary/aromatic N) is 2. The van der Waals surface area contributed by atoms with Gasteiger partial charge >= 0.3 is 0 Å². The molecule has 5 nitrogen and oxygen atoms in total. The van der Waals surface area contributed by atoms with Gasteiger partial charge in [-0.1, -0.05) is 30.3 Å². The Balaban J connectivity index is 1.51. The molecule has 2 heterocycles. The first-order chi connectivity index (χ1) is 10.7. The molecule has 1 N–H and O–H groups in total. The van der Waals surface area contributed by atoms with Crippen LogP contribution in [0.5, 0.6) is 5.75 Å². The van der Waals surface area contributed by atoms with Gasteiger partial charge in [0.2, 0.25) is 5.43 Å². The Morgan fingerprint density at radius 1 is 1.00 bits per heavy atom. The molecule has 1 aliphatic heterocycles. The fourth-order valence-corrected chi connectivity index (χ4v) is 2.69. The van der Waals surface area contributed by atoms with Gasteiger partial charge < -0.3 is 9.52 Å². The van der Waals surface area contributed by atoms with Crippen LogP contribution >= 0.6 is 0 Å². The lowest BCUT2D eigenvalue weighted by molar-refractivity contribution is 0.115. The Morgan fingerprint density at radius 3 is 2.27 bits per heavy atom. The van der Waals surface area contributed by atoms with Crippen molar-refractivity contribution in [2.24, 2.45) is 0 Å². The predicted molar refractivity (Wildman–Crippen MR) is 83.6 cm³/mol. The van der Waals surface area contributed by atoms with Gasteiger partial charge in [-0.05, 0) is 5.56 Å². The van der Waals surface area contributed by atoms with Crippen molar-refractivity contribution in [2.45, 2.75) is 13.1 Å². The summed E-state index contributed by atoms with van der Waals surface area (Å²) in [6, 6.07) is 11.8. The van der Waals surface area contributed by atoms with Crippen LogP contribution in [0.25, 0.3) is 0 Å². The van der Waals surface area contributed by atoms with Gasteiger partial charge in [-0.2, -0.15) is 0 Å². The number of rotatable bonds is 4. The molecular weight excluding hydrogens is 280 g/mol. The minimum Gasteiger partial charge on any atom is -0.502 e. The highest BCUT2D eigenvalue weighted by molar-refractivity contribution is 5.16. The topological polar surface area (TPSA) is 56.9 Å². The van der Waals surface area contributed by atoms with E-state index in [-0.39, 0.29) is 11.2 Å². The first-order valence-corrected chi connectivity index (χ1v) is 7.50. The Labute approximate surface area is 129 Å². The third kappa shape index (κ3) is 3.75. The molecule has 0 saturated carbocycles. The summed E-state index contributed by atoms with van der Waals surface area (Å²) in [7, 11) is 0. The van der Waals surface area contributed by atoms with E-state index in [1.54, 1.807) is 0 Å². The van der Waals surface area contributed by atoms with Crippen molar-refractivity contribution in [1.29, 1.82) is 0 Å². The zero-order valence-corrected chi connectivity index (χ0v) is 12.4. The lowest BCUT2D eigenvalue weighted by Gasteiger charge is -2.34. The summed E-state index contributed by atoms with van der Waals surface area (Å²) in [5, 5.41) is 9.20. The second kappa shape index (κ2) is 6.77. The highest BCUT2D eigenvalue weighted by Crippen LogP contribution is 2.12. The average molecular weight is 300 g/mol. The van der Waals surface area contributed by atoms with Crippen LogP contribution in [0.15, 0.2) is 51.9 Å². The molecule has 1 saturated heterocycles. The molecule has 1 fully saturated rings. The molecule has 1 aromatic carbocycles.